The number of nitrogens with zero attached hydrogens (tertiary/aromatic N) is 3. The second kappa shape index (κ2) is 11.9. The summed E-state index contributed by atoms with van der Waals surface area (Å²) in [7, 11) is -4.85. The van der Waals surface area contributed by atoms with E-state index in [-0.39, 0.29) is 32.1 Å². The van der Waals surface area contributed by atoms with Gasteiger partial charge in [-0.05, 0) is 54.6 Å². The predicted molar refractivity (Wildman–Crippen MR) is 140 cm³/mol. The van der Waals surface area contributed by atoms with Gasteiger partial charge < -0.3 is 0 Å². The van der Waals surface area contributed by atoms with Crippen molar-refractivity contribution in [1.82, 2.24) is 0 Å². The summed E-state index contributed by atoms with van der Waals surface area (Å²) in [6.45, 7) is 0. The number of rotatable bonds is 9. The van der Waals surface area contributed by atoms with Crippen molar-refractivity contribution in [3.05, 3.63) is 84.7 Å². The molecule has 0 aromatic heterocycles. The zero-order valence-corrected chi connectivity index (χ0v) is 22.5. The molecule has 3 aromatic carbocycles. The number of hydrogen-bond donors (Lipinski definition) is 3. The molecule has 0 spiro atoms. The zero-order chi connectivity index (χ0) is 25.9. The maximum Gasteiger partial charge on any atom is 0.543 e. The van der Waals surface area contributed by atoms with E-state index < -0.39 is 7.82 Å². The van der Waals surface area contributed by atoms with Crippen LogP contribution in [0.2, 0.25) is 30.1 Å². The monoisotopic (exact) mass is 620 g/mol. The minimum absolute atomic E-state index is 0.0460. The molecular formula is C18H15Cl6N6O4P. The zero-order valence-electron chi connectivity index (χ0n) is 17.1. The summed E-state index contributed by atoms with van der Waals surface area (Å²) in [4.78, 5) is 0. The van der Waals surface area contributed by atoms with Crippen LogP contribution >= 0.6 is 77.4 Å². The molecule has 0 amide bonds. The Morgan fingerprint density at radius 2 is 0.800 bits per heavy atom. The molecular weight excluding hydrogens is 608 g/mol. The van der Waals surface area contributed by atoms with Gasteiger partial charge in [0.25, 0.3) is 0 Å². The Morgan fingerprint density at radius 1 is 0.543 bits per heavy atom. The SMILES string of the molecule is NN(OP(=O)(ON(N)c1ccc(Cl)cc1Cl)ON(N)c1ccc(Cl)cc1Cl)c1ccc(Cl)cc1Cl. The first kappa shape index (κ1) is 28.4. The Balaban J connectivity index is 1.93. The van der Waals surface area contributed by atoms with Crippen molar-refractivity contribution < 1.29 is 18.4 Å². The maximum atomic E-state index is 13.7. The van der Waals surface area contributed by atoms with Gasteiger partial charge in [-0.3, -0.25) is 0 Å². The fraction of sp³-hybridized carbons (Fsp3) is 0. The normalized spacial score (nSPS) is 11.5. The average Bonchev–Trinajstić information content (AvgIpc) is 2.72. The van der Waals surface area contributed by atoms with Gasteiger partial charge in [0.2, 0.25) is 0 Å². The van der Waals surface area contributed by atoms with E-state index in [9.17, 15) is 4.57 Å². The highest BCUT2D eigenvalue weighted by molar-refractivity contribution is 7.48. The third kappa shape index (κ3) is 7.41. The number of nitrogens with two attached hydrogens (primary N) is 3. The first-order valence-electron chi connectivity index (χ1n) is 9.07. The topological polar surface area (TPSA) is 133 Å². The molecule has 0 aliphatic carbocycles. The van der Waals surface area contributed by atoms with Crippen molar-refractivity contribution in [3.63, 3.8) is 0 Å². The summed E-state index contributed by atoms with van der Waals surface area (Å²) in [5.74, 6) is 17.7. The summed E-state index contributed by atoms with van der Waals surface area (Å²) in [5, 5.41) is 2.69. The van der Waals surface area contributed by atoms with E-state index in [0.29, 0.717) is 30.6 Å². The Morgan fingerprint density at radius 3 is 1.03 bits per heavy atom. The van der Waals surface area contributed by atoms with Gasteiger partial charge in [0, 0.05) is 15.1 Å². The predicted octanol–water partition coefficient (Wildman–Crippen LogP) is 6.95. The molecule has 3 rings (SSSR count). The molecule has 0 radical (unpaired) electrons. The smallest absolute Gasteiger partial charge is 0.222 e. The van der Waals surface area contributed by atoms with Gasteiger partial charge in [-0.15, -0.1) is 13.9 Å². The van der Waals surface area contributed by atoms with Crippen LogP contribution in [-0.4, -0.2) is 0 Å². The molecule has 0 aliphatic heterocycles. The molecule has 35 heavy (non-hydrogen) atoms. The largest absolute Gasteiger partial charge is 0.543 e. The number of phosphoric acid groups is 1. The van der Waals surface area contributed by atoms with Crippen molar-refractivity contribution in [2.45, 2.75) is 0 Å². The molecule has 3 aromatic rings. The number of hydrogen-bond acceptors (Lipinski definition) is 10. The minimum Gasteiger partial charge on any atom is -0.222 e. The third-order valence-corrected chi connectivity index (χ3v) is 6.75. The Kier molecular flexibility index (Phi) is 9.64. The third-order valence-electron chi connectivity index (χ3n) is 4.01. The lowest BCUT2D eigenvalue weighted by Gasteiger charge is -2.29. The molecule has 0 saturated heterocycles. The van der Waals surface area contributed by atoms with Crippen LogP contribution < -0.4 is 33.0 Å². The van der Waals surface area contributed by atoms with Crippen LogP contribution in [-0.2, 0) is 18.4 Å². The van der Waals surface area contributed by atoms with Crippen molar-refractivity contribution in [1.29, 1.82) is 0 Å². The lowest BCUT2D eigenvalue weighted by atomic mass is 10.3. The summed E-state index contributed by atoms with van der Waals surface area (Å²) in [5.41, 5.74) is 0.138. The van der Waals surface area contributed by atoms with Gasteiger partial charge in [0.05, 0.1) is 15.1 Å². The van der Waals surface area contributed by atoms with E-state index >= 15 is 0 Å². The molecule has 0 fully saturated rings. The van der Waals surface area contributed by atoms with E-state index in [2.05, 4.69) is 0 Å². The van der Waals surface area contributed by atoms with E-state index in [0.717, 1.165) is 0 Å². The standard InChI is InChI=1S/C18H15Cl6N6O4P/c19-10-1-4-16(13(22)7-10)28(25)32-35(31,33-29(26)17-5-2-11(20)8-14(17)23)34-30(27)18-6-3-12(21)9-15(18)24/h1-9H,25-27H2. The van der Waals surface area contributed by atoms with Gasteiger partial charge in [-0.2, -0.15) is 15.5 Å². The summed E-state index contributed by atoms with van der Waals surface area (Å²) in [6, 6.07) is 12.7. The van der Waals surface area contributed by atoms with Gasteiger partial charge in [-0.1, -0.05) is 69.6 Å². The van der Waals surface area contributed by atoms with Crippen molar-refractivity contribution >= 4 is 94.5 Å². The molecule has 0 unspecified atom stereocenters. The number of halogens is 6. The van der Waals surface area contributed by atoms with Crippen molar-refractivity contribution in [3.8, 4) is 0 Å². The van der Waals surface area contributed by atoms with Crippen LogP contribution in [0.5, 0.6) is 0 Å². The van der Waals surface area contributed by atoms with Gasteiger partial charge in [0.15, 0.2) is 0 Å². The van der Waals surface area contributed by atoms with E-state index in [4.69, 9.17) is 101 Å². The Bertz CT molecular complexity index is 1120. The summed E-state index contributed by atoms with van der Waals surface area (Å²) in [6.07, 6.45) is 0. The molecule has 10 nitrogen and oxygen atoms in total. The maximum absolute atomic E-state index is 13.7. The van der Waals surface area contributed by atoms with Crippen LogP contribution in [0.1, 0.15) is 0 Å². The molecule has 0 aliphatic rings. The molecule has 0 bridgehead atoms. The van der Waals surface area contributed by atoms with E-state index in [1.165, 1.54) is 54.6 Å². The highest BCUT2D eigenvalue weighted by Crippen LogP contribution is 2.53. The van der Waals surface area contributed by atoms with Crippen LogP contribution in [0.4, 0.5) is 17.1 Å². The molecule has 0 heterocycles. The van der Waals surface area contributed by atoms with Crippen molar-refractivity contribution in [2.75, 3.05) is 15.5 Å². The van der Waals surface area contributed by atoms with Crippen LogP contribution in [0, 0.1) is 0 Å². The van der Waals surface area contributed by atoms with Crippen LogP contribution in [0.25, 0.3) is 0 Å². The van der Waals surface area contributed by atoms with Crippen LogP contribution in [0.3, 0.4) is 0 Å². The highest BCUT2D eigenvalue weighted by Gasteiger charge is 2.38. The second-order valence-corrected chi connectivity index (χ2v) is 10.4. The second-order valence-electron chi connectivity index (χ2n) is 6.46. The average molecular weight is 623 g/mol. The quantitative estimate of drug-likeness (QED) is 0.131. The lowest BCUT2D eigenvalue weighted by molar-refractivity contribution is 0.0861. The Labute approximate surface area is 229 Å². The van der Waals surface area contributed by atoms with Gasteiger partial charge in [-0.25, -0.2) is 22.1 Å². The van der Waals surface area contributed by atoms with E-state index in [1.54, 1.807) is 0 Å². The van der Waals surface area contributed by atoms with E-state index in [1.807, 2.05) is 0 Å². The number of hydrazine groups is 3. The van der Waals surface area contributed by atoms with Gasteiger partial charge >= 0.3 is 7.82 Å². The van der Waals surface area contributed by atoms with Crippen molar-refractivity contribution in [2.24, 2.45) is 17.5 Å². The number of benzene rings is 3. The fourth-order valence-electron chi connectivity index (χ4n) is 2.48. The first-order chi connectivity index (χ1) is 16.4. The highest BCUT2D eigenvalue weighted by atomic mass is 35.5. The molecule has 0 atom stereocenters. The van der Waals surface area contributed by atoms with Crippen LogP contribution in [0.15, 0.2) is 54.6 Å². The molecule has 6 N–H and O–H groups in total. The lowest BCUT2D eigenvalue weighted by Crippen LogP contribution is -2.38. The minimum atomic E-state index is -4.85. The van der Waals surface area contributed by atoms with Gasteiger partial charge in [0.1, 0.15) is 17.1 Å². The molecule has 17 heteroatoms. The Hall–Kier alpha value is -1.21. The first-order valence-corrected chi connectivity index (χ1v) is 12.8. The summed E-state index contributed by atoms with van der Waals surface area (Å²) >= 11 is 36.1. The molecule has 0 saturated carbocycles. The number of anilines is 3. The summed E-state index contributed by atoms with van der Waals surface area (Å²) < 4.78 is 29.5. The molecule has 188 valence electrons. The fourth-order valence-corrected chi connectivity index (χ4v) is 4.95.